The van der Waals surface area contributed by atoms with Gasteiger partial charge in [-0.3, -0.25) is 0 Å². The van der Waals surface area contributed by atoms with Gasteiger partial charge in [-0.15, -0.1) is 0 Å². The van der Waals surface area contributed by atoms with E-state index in [0.717, 1.165) is 38.3 Å². The molecule has 4 nitrogen and oxygen atoms in total. The molecule has 1 N–H and O–H groups in total. The highest BCUT2D eigenvalue weighted by molar-refractivity contribution is 7.89. The average Bonchev–Trinajstić information content (AvgIpc) is 3.14. The Morgan fingerprint density at radius 1 is 1.33 bits per heavy atom. The molecule has 1 aliphatic carbocycles. The van der Waals surface area contributed by atoms with E-state index in [-0.39, 0.29) is 22.0 Å². The third-order valence-electron chi connectivity index (χ3n) is 4.00. The Labute approximate surface area is 129 Å². The van der Waals surface area contributed by atoms with E-state index in [1.165, 1.54) is 16.4 Å². The molecule has 1 saturated carbocycles. The standard InChI is InChI=1S/C14H18ClFN2O2S/c15-13-6-3-10(16)8-14(13)21(19,20)18(12-4-5-12)9-11-2-1-7-17-11/h3,6,8,11-12,17H,1-2,4-5,7,9H2. The highest BCUT2D eigenvalue weighted by Gasteiger charge is 2.40. The fraction of sp³-hybridized carbons (Fsp3) is 0.571. The third kappa shape index (κ3) is 3.23. The van der Waals surface area contributed by atoms with Crippen LogP contribution in [0.3, 0.4) is 0 Å². The van der Waals surface area contributed by atoms with Crippen LogP contribution in [0.4, 0.5) is 4.39 Å². The van der Waals surface area contributed by atoms with Crippen LogP contribution in [-0.2, 0) is 10.0 Å². The minimum Gasteiger partial charge on any atom is -0.313 e. The quantitative estimate of drug-likeness (QED) is 0.900. The maximum atomic E-state index is 13.4. The lowest BCUT2D eigenvalue weighted by Crippen LogP contribution is -2.42. The second-order valence-corrected chi connectivity index (χ2v) is 7.94. The minimum absolute atomic E-state index is 0.0248. The van der Waals surface area contributed by atoms with E-state index < -0.39 is 15.8 Å². The van der Waals surface area contributed by atoms with E-state index in [9.17, 15) is 12.8 Å². The molecule has 1 atom stereocenters. The van der Waals surface area contributed by atoms with Gasteiger partial charge in [-0.1, -0.05) is 11.6 Å². The molecule has 0 bridgehead atoms. The Hall–Kier alpha value is -0.690. The van der Waals surface area contributed by atoms with Crippen molar-refractivity contribution in [3.8, 4) is 0 Å². The van der Waals surface area contributed by atoms with Crippen LogP contribution < -0.4 is 5.32 Å². The normalized spacial score (nSPS) is 22.9. The van der Waals surface area contributed by atoms with Crippen molar-refractivity contribution < 1.29 is 12.8 Å². The molecule has 1 aromatic carbocycles. The number of halogens is 2. The highest BCUT2D eigenvalue weighted by Crippen LogP contribution is 2.35. The summed E-state index contributed by atoms with van der Waals surface area (Å²) < 4.78 is 40.5. The van der Waals surface area contributed by atoms with Crippen molar-refractivity contribution in [2.45, 2.75) is 42.7 Å². The Morgan fingerprint density at radius 3 is 2.71 bits per heavy atom. The molecule has 1 aliphatic heterocycles. The Morgan fingerprint density at radius 2 is 2.10 bits per heavy atom. The molecule has 1 aromatic rings. The van der Waals surface area contributed by atoms with Gasteiger partial charge < -0.3 is 5.32 Å². The van der Waals surface area contributed by atoms with Crippen LogP contribution >= 0.6 is 11.6 Å². The molecule has 116 valence electrons. The summed E-state index contributed by atoms with van der Waals surface area (Å²) in [6, 6.07) is 3.67. The maximum Gasteiger partial charge on any atom is 0.244 e. The van der Waals surface area contributed by atoms with Crippen LogP contribution in [-0.4, -0.2) is 37.9 Å². The molecular weight excluding hydrogens is 315 g/mol. The predicted molar refractivity (Wildman–Crippen MR) is 79.3 cm³/mol. The van der Waals surface area contributed by atoms with Crippen LogP contribution in [0.25, 0.3) is 0 Å². The molecular formula is C14H18ClFN2O2S. The zero-order chi connectivity index (χ0) is 15.0. The summed E-state index contributed by atoms with van der Waals surface area (Å²) in [7, 11) is -3.76. The number of benzene rings is 1. The van der Waals surface area contributed by atoms with E-state index in [1.54, 1.807) is 0 Å². The zero-order valence-corrected chi connectivity index (χ0v) is 13.1. The number of sulfonamides is 1. The lowest BCUT2D eigenvalue weighted by molar-refractivity contribution is 0.362. The second kappa shape index (κ2) is 5.83. The summed E-state index contributed by atoms with van der Waals surface area (Å²) >= 11 is 5.98. The van der Waals surface area contributed by atoms with Gasteiger partial charge in [0.15, 0.2) is 0 Å². The van der Waals surface area contributed by atoms with E-state index in [2.05, 4.69) is 5.32 Å². The molecule has 0 aromatic heterocycles. The lowest BCUT2D eigenvalue weighted by Gasteiger charge is -2.25. The Kier molecular flexibility index (Phi) is 4.23. The number of hydrogen-bond donors (Lipinski definition) is 1. The number of hydrogen-bond acceptors (Lipinski definition) is 3. The van der Waals surface area contributed by atoms with Crippen LogP contribution in [0.2, 0.25) is 5.02 Å². The van der Waals surface area contributed by atoms with Crippen molar-refractivity contribution >= 4 is 21.6 Å². The smallest absolute Gasteiger partial charge is 0.244 e. The largest absolute Gasteiger partial charge is 0.313 e. The molecule has 2 aliphatic rings. The lowest BCUT2D eigenvalue weighted by atomic mass is 10.2. The number of nitrogens with one attached hydrogen (secondary N) is 1. The number of nitrogens with zero attached hydrogens (tertiary/aromatic N) is 1. The van der Waals surface area contributed by atoms with E-state index in [1.807, 2.05) is 0 Å². The molecule has 2 fully saturated rings. The van der Waals surface area contributed by atoms with Gasteiger partial charge in [-0.05, 0) is 50.4 Å². The summed E-state index contributed by atoms with van der Waals surface area (Å²) in [4.78, 5) is -0.130. The van der Waals surface area contributed by atoms with Crippen molar-refractivity contribution in [2.75, 3.05) is 13.1 Å². The van der Waals surface area contributed by atoms with E-state index >= 15 is 0 Å². The predicted octanol–water partition coefficient (Wildman–Crippen LogP) is 2.38. The van der Waals surface area contributed by atoms with Crippen LogP contribution in [0, 0.1) is 5.82 Å². The zero-order valence-electron chi connectivity index (χ0n) is 11.6. The van der Waals surface area contributed by atoms with Crippen molar-refractivity contribution in [3.05, 3.63) is 29.0 Å². The third-order valence-corrected chi connectivity index (χ3v) is 6.40. The second-order valence-electron chi connectivity index (χ2n) is 5.67. The van der Waals surface area contributed by atoms with Gasteiger partial charge in [0.2, 0.25) is 10.0 Å². The van der Waals surface area contributed by atoms with Crippen molar-refractivity contribution in [3.63, 3.8) is 0 Å². The SMILES string of the molecule is O=S(=O)(c1cc(F)ccc1Cl)N(CC1CCCN1)C1CC1. The monoisotopic (exact) mass is 332 g/mol. The molecule has 0 radical (unpaired) electrons. The fourth-order valence-corrected chi connectivity index (χ4v) is 4.96. The van der Waals surface area contributed by atoms with Crippen molar-refractivity contribution in [1.82, 2.24) is 9.62 Å². The van der Waals surface area contributed by atoms with E-state index in [4.69, 9.17) is 11.6 Å². The number of rotatable bonds is 5. The Bertz CT molecular complexity index is 628. The van der Waals surface area contributed by atoms with Gasteiger partial charge in [0.1, 0.15) is 10.7 Å². The molecule has 1 unspecified atom stereocenters. The first-order valence-corrected chi connectivity index (χ1v) is 9.00. The van der Waals surface area contributed by atoms with Gasteiger partial charge in [0.05, 0.1) is 5.02 Å². The molecule has 3 rings (SSSR count). The first-order chi connectivity index (χ1) is 9.98. The van der Waals surface area contributed by atoms with Gasteiger partial charge >= 0.3 is 0 Å². The Balaban J connectivity index is 1.91. The van der Waals surface area contributed by atoms with Crippen LogP contribution in [0.15, 0.2) is 23.1 Å². The summed E-state index contributed by atoms with van der Waals surface area (Å²) in [6.07, 6.45) is 3.75. The van der Waals surface area contributed by atoms with Crippen LogP contribution in [0.5, 0.6) is 0 Å². The van der Waals surface area contributed by atoms with Crippen molar-refractivity contribution in [2.24, 2.45) is 0 Å². The summed E-state index contributed by atoms with van der Waals surface area (Å²) in [5.41, 5.74) is 0. The van der Waals surface area contributed by atoms with Crippen molar-refractivity contribution in [1.29, 1.82) is 0 Å². The minimum atomic E-state index is -3.76. The molecule has 0 amide bonds. The van der Waals surface area contributed by atoms with E-state index in [0.29, 0.717) is 6.54 Å². The molecule has 21 heavy (non-hydrogen) atoms. The average molecular weight is 333 g/mol. The highest BCUT2D eigenvalue weighted by atomic mass is 35.5. The van der Waals surface area contributed by atoms with Gasteiger partial charge in [-0.25, -0.2) is 12.8 Å². The van der Waals surface area contributed by atoms with Gasteiger partial charge in [0, 0.05) is 18.6 Å². The topological polar surface area (TPSA) is 49.4 Å². The fourth-order valence-electron chi connectivity index (χ4n) is 2.74. The summed E-state index contributed by atoms with van der Waals surface area (Å²) in [5.74, 6) is -0.590. The molecule has 1 heterocycles. The summed E-state index contributed by atoms with van der Waals surface area (Å²) in [5, 5.41) is 3.38. The molecule has 7 heteroatoms. The molecule has 0 spiro atoms. The van der Waals surface area contributed by atoms with Crippen LogP contribution in [0.1, 0.15) is 25.7 Å². The first kappa shape index (κ1) is 15.2. The van der Waals surface area contributed by atoms with Gasteiger partial charge in [0.25, 0.3) is 0 Å². The first-order valence-electron chi connectivity index (χ1n) is 7.19. The maximum absolute atomic E-state index is 13.4. The van der Waals surface area contributed by atoms with Gasteiger partial charge in [-0.2, -0.15) is 4.31 Å². The summed E-state index contributed by atoms with van der Waals surface area (Å²) in [6.45, 7) is 1.35. The molecule has 1 saturated heterocycles.